The summed E-state index contributed by atoms with van der Waals surface area (Å²) in [5.74, 6) is 0.601. The SMILES string of the molecule is CCOCCn1c(SCc2ccccc2Cl)nc2c1c(=O)[nH]c(=O)n2C. The van der Waals surface area contributed by atoms with Gasteiger partial charge in [-0.15, -0.1) is 0 Å². The second kappa shape index (κ2) is 8.11. The molecule has 2 heterocycles. The molecule has 0 amide bonds. The fourth-order valence-electron chi connectivity index (χ4n) is 2.59. The minimum atomic E-state index is -0.486. The normalized spacial score (nSPS) is 11.3. The van der Waals surface area contributed by atoms with Crippen molar-refractivity contribution in [3.63, 3.8) is 0 Å². The van der Waals surface area contributed by atoms with E-state index in [4.69, 9.17) is 16.3 Å². The highest BCUT2D eigenvalue weighted by Gasteiger charge is 2.18. The molecule has 0 saturated heterocycles. The zero-order chi connectivity index (χ0) is 18.7. The Bertz CT molecular complexity index is 1040. The molecule has 0 aliphatic rings. The number of hydrogen-bond donors (Lipinski definition) is 1. The Balaban J connectivity index is 2.02. The summed E-state index contributed by atoms with van der Waals surface area (Å²) >= 11 is 7.69. The number of ether oxygens (including phenoxy) is 1. The number of H-pyrrole nitrogens is 1. The molecule has 26 heavy (non-hydrogen) atoms. The van der Waals surface area contributed by atoms with Crippen molar-refractivity contribution in [3.05, 3.63) is 55.7 Å². The molecule has 3 aromatic rings. The summed E-state index contributed by atoms with van der Waals surface area (Å²) in [6.45, 7) is 3.42. The number of thioether (sulfide) groups is 1. The molecule has 0 spiro atoms. The van der Waals surface area contributed by atoms with E-state index in [-0.39, 0.29) is 0 Å². The van der Waals surface area contributed by atoms with E-state index in [2.05, 4.69) is 9.97 Å². The van der Waals surface area contributed by atoms with E-state index in [0.717, 1.165) is 5.56 Å². The van der Waals surface area contributed by atoms with Crippen LogP contribution in [-0.4, -0.2) is 32.3 Å². The third kappa shape index (κ3) is 3.72. The van der Waals surface area contributed by atoms with Crippen LogP contribution in [0.2, 0.25) is 5.02 Å². The molecule has 0 saturated carbocycles. The molecular formula is C17H19ClN4O3S. The van der Waals surface area contributed by atoms with E-state index < -0.39 is 11.2 Å². The highest BCUT2D eigenvalue weighted by atomic mass is 35.5. The molecule has 0 aliphatic carbocycles. The maximum Gasteiger partial charge on any atom is 0.329 e. The molecule has 9 heteroatoms. The zero-order valence-corrected chi connectivity index (χ0v) is 16.1. The van der Waals surface area contributed by atoms with Crippen LogP contribution in [0.1, 0.15) is 12.5 Å². The van der Waals surface area contributed by atoms with Gasteiger partial charge in [0, 0.05) is 31.0 Å². The van der Waals surface area contributed by atoms with E-state index >= 15 is 0 Å². The molecule has 0 fully saturated rings. The average Bonchev–Trinajstić information content (AvgIpc) is 2.99. The van der Waals surface area contributed by atoms with Crippen molar-refractivity contribution in [1.29, 1.82) is 0 Å². The van der Waals surface area contributed by atoms with Crippen molar-refractivity contribution < 1.29 is 4.74 Å². The molecule has 0 atom stereocenters. The van der Waals surface area contributed by atoms with Crippen LogP contribution in [0.4, 0.5) is 0 Å². The van der Waals surface area contributed by atoms with Crippen LogP contribution < -0.4 is 11.2 Å². The van der Waals surface area contributed by atoms with Gasteiger partial charge < -0.3 is 9.30 Å². The lowest BCUT2D eigenvalue weighted by molar-refractivity contribution is 0.138. The molecule has 3 rings (SSSR count). The first-order valence-electron chi connectivity index (χ1n) is 8.16. The number of aromatic amines is 1. The Morgan fingerprint density at radius 3 is 2.81 bits per heavy atom. The van der Waals surface area contributed by atoms with Crippen LogP contribution in [0, 0.1) is 0 Å². The van der Waals surface area contributed by atoms with Gasteiger partial charge in [-0.25, -0.2) is 9.78 Å². The predicted octanol–water partition coefficient (Wildman–Crippen LogP) is 2.41. The fourth-order valence-corrected chi connectivity index (χ4v) is 3.90. The standard InChI is InChI=1S/C17H19ClN4O3S/c1-3-25-9-8-22-13-14(21(2)16(24)20-15(13)23)19-17(22)26-10-11-6-4-5-7-12(11)18/h4-7H,3,8-10H2,1-2H3,(H,20,23,24). The monoisotopic (exact) mass is 394 g/mol. The van der Waals surface area contributed by atoms with Crippen molar-refractivity contribution >= 4 is 34.5 Å². The number of nitrogens with one attached hydrogen (secondary N) is 1. The van der Waals surface area contributed by atoms with Gasteiger partial charge in [0.1, 0.15) is 0 Å². The van der Waals surface area contributed by atoms with Gasteiger partial charge in [-0.05, 0) is 18.6 Å². The number of aromatic nitrogens is 4. The minimum Gasteiger partial charge on any atom is -0.380 e. The predicted molar refractivity (Wildman–Crippen MR) is 103 cm³/mol. The van der Waals surface area contributed by atoms with Crippen molar-refractivity contribution in [2.75, 3.05) is 13.2 Å². The number of aryl methyl sites for hydroxylation is 1. The summed E-state index contributed by atoms with van der Waals surface area (Å²) in [7, 11) is 1.59. The number of rotatable bonds is 7. The van der Waals surface area contributed by atoms with Crippen molar-refractivity contribution in [2.45, 2.75) is 24.4 Å². The van der Waals surface area contributed by atoms with Crippen molar-refractivity contribution in [3.8, 4) is 0 Å². The molecule has 0 aliphatic heterocycles. The minimum absolute atomic E-state index is 0.358. The maximum absolute atomic E-state index is 12.3. The second-order valence-electron chi connectivity index (χ2n) is 5.61. The van der Waals surface area contributed by atoms with Gasteiger partial charge in [-0.3, -0.25) is 14.3 Å². The Kier molecular flexibility index (Phi) is 5.85. The Morgan fingerprint density at radius 1 is 1.31 bits per heavy atom. The summed E-state index contributed by atoms with van der Waals surface area (Å²) in [6, 6.07) is 7.59. The van der Waals surface area contributed by atoms with Gasteiger partial charge >= 0.3 is 5.69 Å². The highest BCUT2D eigenvalue weighted by molar-refractivity contribution is 7.98. The Hall–Kier alpha value is -2.03. The third-order valence-corrected chi connectivity index (χ3v) is 5.34. The Labute approximate surface area is 159 Å². The van der Waals surface area contributed by atoms with Gasteiger partial charge in [-0.2, -0.15) is 0 Å². The number of nitrogens with zero attached hydrogens (tertiary/aromatic N) is 3. The van der Waals surface area contributed by atoms with Crippen molar-refractivity contribution in [2.24, 2.45) is 7.05 Å². The third-order valence-electron chi connectivity index (χ3n) is 3.95. The van der Waals surface area contributed by atoms with Crippen LogP contribution in [0.3, 0.4) is 0 Å². The molecule has 2 aromatic heterocycles. The maximum atomic E-state index is 12.3. The van der Waals surface area contributed by atoms with Crippen LogP contribution in [0.15, 0.2) is 39.0 Å². The summed E-state index contributed by atoms with van der Waals surface area (Å²) in [6.07, 6.45) is 0. The quantitative estimate of drug-likeness (QED) is 0.491. The van der Waals surface area contributed by atoms with E-state index in [1.807, 2.05) is 31.2 Å². The number of halogens is 1. The molecule has 1 aromatic carbocycles. The molecule has 1 N–H and O–H groups in total. The first kappa shape index (κ1) is 18.8. The van der Waals surface area contributed by atoms with E-state index in [9.17, 15) is 9.59 Å². The smallest absolute Gasteiger partial charge is 0.329 e. The first-order chi connectivity index (χ1) is 12.5. The molecule has 138 valence electrons. The van der Waals surface area contributed by atoms with Gasteiger partial charge in [0.15, 0.2) is 16.3 Å². The molecule has 7 nitrogen and oxygen atoms in total. The van der Waals surface area contributed by atoms with Crippen LogP contribution in [0.5, 0.6) is 0 Å². The zero-order valence-electron chi connectivity index (χ0n) is 14.5. The van der Waals surface area contributed by atoms with Gasteiger partial charge in [0.2, 0.25) is 0 Å². The first-order valence-corrected chi connectivity index (χ1v) is 9.52. The van der Waals surface area contributed by atoms with Crippen molar-refractivity contribution in [1.82, 2.24) is 19.1 Å². The van der Waals surface area contributed by atoms with Gasteiger partial charge in [-0.1, -0.05) is 41.6 Å². The molecule has 0 unspecified atom stereocenters. The van der Waals surface area contributed by atoms with Crippen LogP contribution in [-0.2, 0) is 24.1 Å². The lowest BCUT2D eigenvalue weighted by Gasteiger charge is -2.09. The van der Waals surface area contributed by atoms with Crippen LogP contribution >= 0.6 is 23.4 Å². The average molecular weight is 395 g/mol. The van der Waals surface area contributed by atoms with E-state index in [1.54, 1.807) is 11.6 Å². The van der Waals surface area contributed by atoms with E-state index in [0.29, 0.717) is 46.9 Å². The molecule has 0 bridgehead atoms. The van der Waals surface area contributed by atoms with Gasteiger partial charge in [0.25, 0.3) is 5.56 Å². The Morgan fingerprint density at radius 2 is 2.08 bits per heavy atom. The second-order valence-corrected chi connectivity index (χ2v) is 6.96. The topological polar surface area (TPSA) is 81.9 Å². The number of hydrogen-bond acceptors (Lipinski definition) is 5. The van der Waals surface area contributed by atoms with Gasteiger partial charge in [0.05, 0.1) is 6.61 Å². The summed E-state index contributed by atoms with van der Waals surface area (Å²) in [4.78, 5) is 31.1. The summed E-state index contributed by atoms with van der Waals surface area (Å²) in [5.41, 5.74) is 0.770. The summed E-state index contributed by atoms with van der Waals surface area (Å²) < 4.78 is 8.56. The lowest BCUT2D eigenvalue weighted by atomic mass is 10.2. The number of benzene rings is 1. The number of fused-ring (bicyclic) bond motifs is 1. The highest BCUT2D eigenvalue weighted by Crippen LogP contribution is 2.27. The molecule has 0 radical (unpaired) electrons. The number of imidazole rings is 1. The largest absolute Gasteiger partial charge is 0.380 e. The lowest BCUT2D eigenvalue weighted by Crippen LogP contribution is -2.29. The fraction of sp³-hybridized carbons (Fsp3) is 0.353. The van der Waals surface area contributed by atoms with Crippen LogP contribution in [0.25, 0.3) is 11.2 Å². The summed E-state index contributed by atoms with van der Waals surface area (Å²) in [5, 5.41) is 1.33. The van der Waals surface area contributed by atoms with E-state index in [1.165, 1.54) is 16.3 Å². The molecular weight excluding hydrogens is 376 g/mol.